The van der Waals surface area contributed by atoms with Crippen LogP contribution in [0.15, 0.2) is 54.7 Å². The summed E-state index contributed by atoms with van der Waals surface area (Å²) in [6.07, 6.45) is 2.20. The quantitative estimate of drug-likeness (QED) is 0.874. The van der Waals surface area contributed by atoms with Gasteiger partial charge in [-0.3, -0.25) is 9.78 Å². The van der Waals surface area contributed by atoms with Crippen molar-refractivity contribution in [3.05, 3.63) is 66.0 Å². The minimum Gasteiger partial charge on any atom is -0.362 e. The van der Waals surface area contributed by atoms with E-state index >= 15 is 0 Å². The van der Waals surface area contributed by atoms with E-state index in [2.05, 4.69) is 15.6 Å². The Morgan fingerprint density at radius 1 is 1.22 bits per heavy atom. The highest BCUT2D eigenvalue weighted by Gasteiger charge is 2.41. The molecular formula is C18H21N3O2. The number of nitrogens with one attached hydrogen (secondary N) is 2. The summed E-state index contributed by atoms with van der Waals surface area (Å²) in [6.45, 7) is 2.26. The summed E-state index contributed by atoms with van der Waals surface area (Å²) in [5.74, 6) is -0.0980. The number of hydrogen-bond donors (Lipinski definition) is 2. The van der Waals surface area contributed by atoms with Crippen LogP contribution in [0.4, 0.5) is 0 Å². The van der Waals surface area contributed by atoms with E-state index in [1.165, 1.54) is 0 Å². The molecule has 1 atom stereocenters. The van der Waals surface area contributed by atoms with E-state index in [9.17, 15) is 4.79 Å². The van der Waals surface area contributed by atoms with Crippen LogP contribution in [0, 0.1) is 0 Å². The van der Waals surface area contributed by atoms with E-state index in [4.69, 9.17) is 4.74 Å². The Morgan fingerprint density at radius 3 is 2.74 bits per heavy atom. The number of carbonyl (C=O) groups is 1. The number of pyridine rings is 1. The van der Waals surface area contributed by atoms with Crippen molar-refractivity contribution < 1.29 is 9.53 Å². The second kappa shape index (κ2) is 7.35. The lowest BCUT2D eigenvalue weighted by molar-refractivity contribution is -0.151. The summed E-state index contributed by atoms with van der Waals surface area (Å²) in [7, 11) is 0. The molecule has 1 fully saturated rings. The number of rotatable bonds is 5. The molecule has 2 heterocycles. The average Bonchev–Trinajstić information content (AvgIpc) is 2.62. The molecule has 1 amide bonds. The van der Waals surface area contributed by atoms with Crippen molar-refractivity contribution in [2.75, 3.05) is 19.7 Å². The van der Waals surface area contributed by atoms with Crippen LogP contribution < -0.4 is 10.6 Å². The highest BCUT2D eigenvalue weighted by molar-refractivity contribution is 5.86. The fourth-order valence-corrected chi connectivity index (χ4v) is 2.73. The number of benzene rings is 1. The molecule has 5 nitrogen and oxygen atoms in total. The summed E-state index contributed by atoms with van der Waals surface area (Å²) < 4.78 is 5.91. The van der Waals surface area contributed by atoms with Crippen molar-refractivity contribution in [3.8, 4) is 0 Å². The van der Waals surface area contributed by atoms with E-state index < -0.39 is 5.60 Å². The Balaban J connectivity index is 1.71. The summed E-state index contributed by atoms with van der Waals surface area (Å²) in [5.41, 5.74) is 1.02. The van der Waals surface area contributed by atoms with Crippen molar-refractivity contribution in [1.82, 2.24) is 15.6 Å². The second-order valence-electron chi connectivity index (χ2n) is 5.69. The minimum absolute atomic E-state index is 0.0980. The molecular weight excluding hydrogens is 290 g/mol. The standard InChI is InChI=1S/C18H21N3O2/c22-17(21-13-15-6-2-1-3-7-15)18(14-19-10-11-23-18)12-16-8-4-5-9-20-16/h1-9,19H,10-14H2,(H,21,22)/t18-/m1/s1. The largest absolute Gasteiger partial charge is 0.362 e. The van der Waals surface area contributed by atoms with Gasteiger partial charge in [-0.2, -0.15) is 0 Å². The molecule has 2 aromatic rings. The Morgan fingerprint density at radius 2 is 2.04 bits per heavy atom. The fraction of sp³-hybridized carbons (Fsp3) is 0.333. The number of hydrogen-bond acceptors (Lipinski definition) is 4. The zero-order chi connectivity index (χ0) is 16.0. The molecule has 0 radical (unpaired) electrons. The maximum atomic E-state index is 12.8. The van der Waals surface area contributed by atoms with Gasteiger partial charge in [0, 0.05) is 37.9 Å². The van der Waals surface area contributed by atoms with E-state index in [1.807, 2.05) is 48.5 Å². The van der Waals surface area contributed by atoms with Crippen molar-refractivity contribution in [2.24, 2.45) is 0 Å². The molecule has 0 bridgehead atoms. The Hall–Kier alpha value is -2.24. The molecule has 1 aliphatic rings. The predicted molar refractivity (Wildman–Crippen MR) is 87.8 cm³/mol. The number of amides is 1. The van der Waals surface area contributed by atoms with Crippen LogP contribution in [-0.2, 0) is 22.5 Å². The third-order valence-electron chi connectivity index (χ3n) is 3.97. The van der Waals surface area contributed by atoms with Gasteiger partial charge >= 0.3 is 0 Å². The molecule has 0 saturated carbocycles. The summed E-state index contributed by atoms with van der Waals surface area (Å²) >= 11 is 0. The van der Waals surface area contributed by atoms with E-state index in [0.717, 1.165) is 17.8 Å². The van der Waals surface area contributed by atoms with Gasteiger partial charge in [-0.25, -0.2) is 0 Å². The van der Waals surface area contributed by atoms with Crippen LogP contribution in [0.1, 0.15) is 11.3 Å². The second-order valence-corrected chi connectivity index (χ2v) is 5.69. The summed E-state index contributed by atoms with van der Waals surface area (Å²) in [6, 6.07) is 15.6. The van der Waals surface area contributed by atoms with Gasteiger partial charge in [0.15, 0.2) is 5.60 Å². The number of aromatic nitrogens is 1. The van der Waals surface area contributed by atoms with Gasteiger partial charge in [-0.05, 0) is 17.7 Å². The highest BCUT2D eigenvalue weighted by atomic mass is 16.5. The molecule has 3 rings (SSSR count). The first-order valence-corrected chi connectivity index (χ1v) is 7.85. The summed E-state index contributed by atoms with van der Waals surface area (Å²) in [5, 5.41) is 6.26. The normalized spacial score (nSPS) is 20.9. The molecule has 0 unspecified atom stereocenters. The molecule has 1 aliphatic heterocycles. The van der Waals surface area contributed by atoms with Crippen LogP contribution >= 0.6 is 0 Å². The number of morpholine rings is 1. The SMILES string of the molecule is O=C(NCc1ccccc1)[C@@]1(Cc2ccccn2)CNCCO1. The molecule has 1 aromatic carbocycles. The molecule has 2 N–H and O–H groups in total. The van der Waals surface area contributed by atoms with Gasteiger partial charge < -0.3 is 15.4 Å². The zero-order valence-corrected chi connectivity index (χ0v) is 13.0. The molecule has 0 spiro atoms. The molecule has 1 aromatic heterocycles. The number of carbonyl (C=O) groups excluding carboxylic acids is 1. The lowest BCUT2D eigenvalue weighted by Crippen LogP contribution is -2.60. The van der Waals surface area contributed by atoms with Gasteiger partial charge in [0.2, 0.25) is 0 Å². The highest BCUT2D eigenvalue weighted by Crippen LogP contribution is 2.19. The van der Waals surface area contributed by atoms with Crippen molar-refractivity contribution in [2.45, 2.75) is 18.6 Å². The van der Waals surface area contributed by atoms with Crippen LogP contribution in [0.2, 0.25) is 0 Å². The van der Waals surface area contributed by atoms with Crippen LogP contribution in [0.3, 0.4) is 0 Å². The smallest absolute Gasteiger partial charge is 0.254 e. The van der Waals surface area contributed by atoms with Crippen LogP contribution in [0.25, 0.3) is 0 Å². The van der Waals surface area contributed by atoms with Gasteiger partial charge in [0.25, 0.3) is 5.91 Å². The minimum atomic E-state index is -0.901. The van der Waals surface area contributed by atoms with Gasteiger partial charge in [-0.15, -0.1) is 0 Å². The molecule has 1 saturated heterocycles. The van der Waals surface area contributed by atoms with E-state index in [-0.39, 0.29) is 5.91 Å². The van der Waals surface area contributed by atoms with Gasteiger partial charge in [0.05, 0.1) is 6.61 Å². The first kappa shape index (κ1) is 15.6. The van der Waals surface area contributed by atoms with Crippen molar-refractivity contribution in [3.63, 3.8) is 0 Å². The maximum Gasteiger partial charge on any atom is 0.254 e. The fourth-order valence-electron chi connectivity index (χ4n) is 2.73. The van der Waals surface area contributed by atoms with Gasteiger partial charge in [0.1, 0.15) is 0 Å². The van der Waals surface area contributed by atoms with Crippen molar-refractivity contribution >= 4 is 5.91 Å². The average molecular weight is 311 g/mol. The lowest BCUT2D eigenvalue weighted by Gasteiger charge is -2.36. The Labute approximate surface area is 136 Å². The van der Waals surface area contributed by atoms with E-state index in [0.29, 0.717) is 26.1 Å². The third-order valence-corrected chi connectivity index (χ3v) is 3.97. The maximum absolute atomic E-state index is 12.8. The predicted octanol–water partition coefficient (Wildman–Crippen LogP) is 1.30. The van der Waals surface area contributed by atoms with Crippen LogP contribution in [-0.4, -0.2) is 36.2 Å². The molecule has 0 aliphatic carbocycles. The molecule has 5 heteroatoms. The van der Waals surface area contributed by atoms with Crippen LogP contribution in [0.5, 0.6) is 0 Å². The van der Waals surface area contributed by atoms with Crippen molar-refractivity contribution in [1.29, 1.82) is 0 Å². The third kappa shape index (κ3) is 3.94. The first-order chi connectivity index (χ1) is 11.3. The first-order valence-electron chi connectivity index (χ1n) is 7.85. The summed E-state index contributed by atoms with van der Waals surface area (Å²) in [4.78, 5) is 17.1. The van der Waals surface area contributed by atoms with E-state index in [1.54, 1.807) is 6.20 Å². The topological polar surface area (TPSA) is 63.2 Å². The zero-order valence-electron chi connectivity index (χ0n) is 13.0. The monoisotopic (exact) mass is 311 g/mol. The Kier molecular flexibility index (Phi) is 5.00. The molecule has 120 valence electrons. The number of ether oxygens (including phenoxy) is 1. The molecule has 23 heavy (non-hydrogen) atoms. The Bertz CT molecular complexity index is 625. The van der Waals surface area contributed by atoms with Gasteiger partial charge in [-0.1, -0.05) is 36.4 Å². The lowest BCUT2D eigenvalue weighted by atomic mass is 9.94. The number of nitrogens with zero attached hydrogens (tertiary/aromatic N) is 1.